The first-order valence-electron chi connectivity index (χ1n) is 8.63. The van der Waals surface area contributed by atoms with Crippen molar-refractivity contribution in [2.45, 2.75) is 11.8 Å². The molecule has 3 aromatic rings. The molecule has 0 bridgehead atoms. The molecule has 0 aliphatic heterocycles. The van der Waals surface area contributed by atoms with E-state index in [1.165, 1.54) is 31.4 Å². The van der Waals surface area contributed by atoms with Crippen molar-refractivity contribution in [3.05, 3.63) is 83.7 Å². The molecular formula is C21H19FN2O4S. The van der Waals surface area contributed by atoms with Crippen LogP contribution in [0.5, 0.6) is 5.75 Å². The number of nitrogens with one attached hydrogen (secondary N) is 2. The van der Waals surface area contributed by atoms with Gasteiger partial charge >= 0.3 is 0 Å². The number of methoxy groups -OCH3 is 1. The zero-order chi connectivity index (χ0) is 21.0. The van der Waals surface area contributed by atoms with E-state index in [9.17, 15) is 17.6 Å². The second kappa shape index (κ2) is 8.32. The van der Waals surface area contributed by atoms with Gasteiger partial charge in [0.25, 0.3) is 15.9 Å². The highest BCUT2D eigenvalue weighted by Gasteiger charge is 2.20. The van der Waals surface area contributed by atoms with Crippen LogP contribution in [0.2, 0.25) is 0 Å². The molecule has 0 unspecified atom stereocenters. The molecule has 29 heavy (non-hydrogen) atoms. The summed E-state index contributed by atoms with van der Waals surface area (Å²) in [7, 11) is -2.50. The average molecular weight is 414 g/mol. The van der Waals surface area contributed by atoms with E-state index in [1.54, 1.807) is 43.3 Å². The van der Waals surface area contributed by atoms with Gasteiger partial charge in [0.15, 0.2) is 0 Å². The number of benzene rings is 3. The molecule has 0 atom stereocenters. The zero-order valence-electron chi connectivity index (χ0n) is 15.8. The fourth-order valence-corrected chi connectivity index (χ4v) is 4.07. The van der Waals surface area contributed by atoms with Crippen LogP contribution < -0.4 is 14.8 Å². The molecule has 0 heterocycles. The molecular weight excluding hydrogens is 395 g/mol. The molecule has 0 saturated heterocycles. The van der Waals surface area contributed by atoms with Gasteiger partial charge in [-0.3, -0.25) is 9.52 Å². The Hall–Kier alpha value is -3.39. The standard InChI is InChI=1S/C21H19FN2O4S/c1-14-10-11-17(23-21(25)15-6-5-7-16(22)12-15)13-20(14)29(26,27)24-18-8-3-4-9-19(18)28-2/h3-13,24H,1-2H3,(H,23,25). The molecule has 0 aliphatic carbocycles. The molecule has 0 radical (unpaired) electrons. The van der Waals surface area contributed by atoms with Crippen LogP contribution in [-0.2, 0) is 10.0 Å². The molecule has 0 aromatic heterocycles. The summed E-state index contributed by atoms with van der Waals surface area (Å²) in [5.41, 5.74) is 1.19. The van der Waals surface area contributed by atoms with Gasteiger partial charge in [0, 0.05) is 11.3 Å². The SMILES string of the molecule is COc1ccccc1NS(=O)(=O)c1cc(NC(=O)c2cccc(F)c2)ccc1C. The number of rotatable bonds is 6. The minimum absolute atomic E-state index is 0.000415. The van der Waals surface area contributed by atoms with Crippen LogP contribution in [0, 0.1) is 12.7 Å². The fourth-order valence-electron chi connectivity index (χ4n) is 2.73. The first-order valence-corrected chi connectivity index (χ1v) is 10.1. The second-order valence-electron chi connectivity index (χ2n) is 6.25. The number of para-hydroxylation sites is 2. The highest BCUT2D eigenvalue weighted by molar-refractivity contribution is 7.92. The number of carbonyl (C=O) groups is 1. The van der Waals surface area contributed by atoms with E-state index in [0.29, 0.717) is 17.0 Å². The van der Waals surface area contributed by atoms with Crippen LogP contribution >= 0.6 is 0 Å². The van der Waals surface area contributed by atoms with Crippen molar-refractivity contribution in [3.8, 4) is 5.75 Å². The maximum Gasteiger partial charge on any atom is 0.262 e. The minimum atomic E-state index is -3.95. The molecule has 1 amide bonds. The Bertz CT molecular complexity index is 1160. The normalized spacial score (nSPS) is 11.0. The maximum atomic E-state index is 13.3. The number of hydrogen-bond acceptors (Lipinski definition) is 4. The summed E-state index contributed by atoms with van der Waals surface area (Å²) in [6.07, 6.45) is 0. The van der Waals surface area contributed by atoms with E-state index in [4.69, 9.17) is 4.74 Å². The third-order valence-electron chi connectivity index (χ3n) is 4.17. The van der Waals surface area contributed by atoms with Crippen LogP contribution in [0.1, 0.15) is 15.9 Å². The first-order chi connectivity index (χ1) is 13.8. The zero-order valence-corrected chi connectivity index (χ0v) is 16.6. The molecule has 3 rings (SSSR count). The van der Waals surface area contributed by atoms with Gasteiger partial charge < -0.3 is 10.1 Å². The van der Waals surface area contributed by atoms with Gasteiger partial charge in [-0.2, -0.15) is 0 Å². The topological polar surface area (TPSA) is 84.5 Å². The molecule has 2 N–H and O–H groups in total. The lowest BCUT2D eigenvalue weighted by molar-refractivity contribution is 0.102. The van der Waals surface area contributed by atoms with Crippen molar-refractivity contribution in [2.75, 3.05) is 17.1 Å². The third kappa shape index (κ3) is 4.72. The highest BCUT2D eigenvalue weighted by atomic mass is 32.2. The van der Waals surface area contributed by atoms with Crippen LogP contribution in [-0.4, -0.2) is 21.4 Å². The summed E-state index contributed by atoms with van der Waals surface area (Å²) in [5.74, 6) is -0.704. The summed E-state index contributed by atoms with van der Waals surface area (Å²) in [5, 5.41) is 2.59. The number of anilines is 2. The van der Waals surface area contributed by atoms with Gasteiger partial charge in [-0.1, -0.05) is 24.3 Å². The van der Waals surface area contributed by atoms with Crippen molar-refractivity contribution >= 4 is 27.3 Å². The van der Waals surface area contributed by atoms with E-state index < -0.39 is 21.7 Å². The first kappa shape index (κ1) is 20.3. The molecule has 0 aliphatic rings. The summed E-state index contributed by atoms with van der Waals surface area (Å²) < 4.78 is 46.8. The van der Waals surface area contributed by atoms with Crippen LogP contribution in [0.15, 0.2) is 71.6 Å². The summed E-state index contributed by atoms with van der Waals surface area (Å²) in [6.45, 7) is 1.65. The smallest absolute Gasteiger partial charge is 0.262 e. The van der Waals surface area contributed by atoms with E-state index in [1.807, 2.05) is 0 Å². The summed E-state index contributed by atoms with van der Waals surface area (Å²) in [6, 6.07) is 16.4. The monoisotopic (exact) mass is 414 g/mol. The predicted octanol–water partition coefficient (Wildman–Crippen LogP) is 4.20. The number of carbonyl (C=O) groups excluding carboxylic acids is 1. The third-order valence-corrected chi connectivity index (χ3v) is 5.68. The van der Waals surface area contributed by atoms with Crippen LogP contribution in [0.25, 0.3) is 0 Å². The Balaban J connectivity index is 1.89. The number of aryl methyl sites for hydroxylation is 1. The van der Waals surface area contributed by atoms with E-state index in [0.717, 1.165) is 6.07 Å². The molecule has 150 valence electrons. The molecule has 8 heteroatoms. The number of ether oxygens (including phenoxy) is 1. The number of hydrogen-bond donors (Lipinski definition) is 2. The van der Waals surface area contributed by atoms with Crippen LogP contribution in [0.4, 0.5) is 15.8 Å². The average Bonchev–Trinajstić information content (AvgIpc) is 2.69. The highest BCUT2D eigenvalue weighted by Crippen LogP contribution is 2.28. The quantitative estimate of drug-likeness (QED) is 0.633. The Morgan fingerprint density at radius 3 is 2.48 bits per heavy atom. The van der Waals surface area contributed by atoms with Crippen molar-refractivity contribution in [2.24, 2.45) is 0 Å². The van der Waals surface area contributed by atoms with Crippen molar-refractivity contribution < 1.29 is 22.3 Å². The van der Waals surface area contributed by atoms with Gasteiger partial charge in [0.1, 0.15) is 11.6 Å². The van der Waals surface area contributed by atoms with Gasteiger partial charge in [0.2, 0.25) is 0 Å². The van der Waals surface area contributed by atoms with Gasteiger partial charge in [-0.15, -0.1) is 0 Å². The predicted molar refractivity (Wildman–Crippen MR) is 109 cm³/mol. The molecule has 6 nitrogen and oxygen atoms in total. The molecule has 0 fully saturated rings. The lowest BCUT2D eigenvalue weighted by atomic mass is 10.2. The molecule has 3 aromatic carbocycles. The van der Waals surface area contributed by atoms with Gasteiger partial charge in [0.05, 0.1) is 17.7 Å². The second-order valence-corrected chi connectivity index (χ2v) is 7.90. The molecule has 0 saturated carbocycles. The Morgan fingerprint density at radius 2 is 1.76 bits per heavy atom. The minimum Gasteiger partial charge on any atom is -0.495 e. The largest absolute Gasteiger partial charge is 0.495 e. The lowest BCUT2D eigenvalue weighted by Crippen LogP contribution is -2.16. The van der Waals surface area contributed by atoms with E-state index >= 15 is 0 Å². The van der Waals surface area contributed by atoms with Crippen molar-refractivity contribution in [1.29, 1.82) is 0 Å². The van der Waals surface area contributed by atoms with E-state index in [2.05, 4.69) is 10.0 Å². The van der Waals surface area contributed by atoms with Gasteiger partial charge in [-0.05, 0) is 55.0 Å². The summed E-state index contributed by atoms with van der Waals surface area (Å²) in [4.78, 5) is 12.3. The lowest BCUT2D eigenvalue weighted by Gasteiger charge is -2.14. The van der Waals surface area contributed by atoms with Gasteiger partial charge in [-0.25, -0.2) is 12.8 Å². The Kier molecular flexibility index (Phi) is 5.84. The van der Waals surface area contributed by atoms with Crippen molar-refractivity contribution in [3.63, 3.8) is 0 Å². The number of sulfonamides is 1. The Morgan fingerprint density at radius 1 is 1.00 bits per heavy atom. The maximum absolute atomic E-state index is 13.3. The Labute approximate surface area is 168 Å². The number of amides is 1. The van der Waals surface area contributed by atoms with E-state index in [-0.39, 0.29) is 16.1 Å². The number of halogens is 1. The fraction of sp³-hybridized carbons (Fsp3) is 0.0952. The molecule has 0 spiro atoms. The van der Waals surface area contributed by atoms with Crippen molar-refractivity contribution in [1.82, 2.24) is 0 Å². The van der Waals surface area contributed by atoms with Crippen LogP contribution in [0.3, 0.4) is 0 Å². The summed E-state index contributed by atoms with van der Waals surface area (Å²) >= 11 is 0.